The molecule has 3 aromatic carbocycles. The smallest absolute Gasteiger partial charge is 0.128 e. The number of aliphatic imine (C=N–C) groups is 1. The summed E-state index contributed by atoms with van der Waals surface area (Å²) < 4.78 is 0. The van der Waals surface area contributed by atoms with Crippen LogP contribution in [0.2, 0.25) is 0 Å². The molecular formula is C22H21NO. The maximum absolute atomic E-state index is 10.9. The number of hydrogen-bond donors (Lipinski definition) is 1. The zero-order valence-electron chi connectivity index (χ0n) is 14.0. The first kappa shape index (κ1) is 16.0. The van der Waals surface area contributed by atoms with Crippen LogP contribution in [-0.4, -0.2) is 18.4 Å². The lowest BCUT2D eigenvalue weighted by molar-refractivity contribution is 0.456. The van der Waals surface area contributed by atoms with E-state index in [4.69, 9.17) is 0 Å². The lowest BCUT2D eigenvalue weighted by Gasteiger charge is -2.32. The Bertz CT molecular complexity index is 799. The van der Waals surface area contributed by atoms with Crippen molar-refractivity contribution in [2.24, 2.45) is 4.99 Å². The van der Waals surface area contributed by atoms with Gasteiger partial charge in [0.15, 0.2) is 0 Å². The zero-order valence-corrected chi connectivity index (χ0v) is 14.0. The van der Waals surface area contributed by atoms with E-state index >= 15 is 0 Å². The quantitative estimate of drug-likeness (QED) is 0.544. The molecule has 0 atom stereocenters. The minimum Gasteiger partial charge on any atom is -0.507 e. The third kappa shape index (κ3) is 2.71. The van der Waals surface area contributed by atoms with Gasteiger partial charge in [-0.25, -0.2) is 0 Å². The fraction of sp³-hybridized carbons (Fsp3) is 0.136. The summed E-state index contributed by atoms with van der Waals surface area (Å²) in [6.07, 6.45) is 1.69. The van der Waals surface area contributed by atoms with Gasteiger partial charge in [-0.3, -0.25) is 4.99 Å². The predicted octanol–water partition coefficient (Wildman–Crippen LogP) is 4.80. The van der Waals surface area contributed by atoms with Gasteiger partial charge in [0.25, 0.3) is 0 Å². The Morgan fingerprint density at radius 2 is 1.33 bits per heavy atom. The van der Waals surface area contributed by atoms with E-state index < -0.39 is 5.41 Å². The number of nitrogens with zero attached hydrogens (tertiary/aromatic N) is 1. The van der Waals surface area contributed by atoms with Gasteiger partial charge >= 0.3 is 0 Å². The molecule has 3 rings (SSSR count). The SMILES string of the molecule is CN=Cc1cccc(C(C)(c2ccccc2)c2ccccc2)c1O. The van der Waals surface area contributed by atoms with Crippen molar-refractivity contribution in [3.63, 3.8) is 0 Å². The van der Waals surface area contributed by atoms with Crippen LogP contribution in [0.3, 0.4) is 0 Å². The molecule has 0 aliphatic rings. The predicted molar refractivity (Wildman–Crippen MR) is 100 cm³/mol. The first-order valence-electron chi connectivity index (χ1n) is 8.03. The number of hydrogen-bond acceptors (Lipinski definition) is 2. The summed E-state index contributed by atoms with van der Waals surface area (Å²) in [7, 11) is 1.71. The first-order chi connectivity index (χ1) is 11.7. The van der Waals surface area contributed by atoms with Crippen molar-refractivity contribution < 1.29 is 5.11 Å². The van der Waals surface area contributed by atoms with Crippen molar-refractivity contribution in [3.8, 4) is 5.75 Å². The van der Waals surface area contributed by atoms with Gasteiger partial charge in [0.1, 0.15) is 5.75 Å². The van der Waals surface area contributed by atoms with Crippen molar-refractivity contribution in [3.05, 3.63) is 101 Å². The van der Waals surface area contributed by atoms with Crippen LogP contribution in [0.25, 0.3) is 0 Å². The Balaban J connectivity index is 2.30. The summed E-state index contributed by atoms with van der Waals surface area (Å²) in [4.78, 5) is 4.05. The molecule has 2 heteroatoms. The summed E-state index contributed by atoms with van der Waals surface area (Å²) in [5, 5.41) is 10.9. The zero-order chi connectivity index (χ0) is 17.0. The van der Waals surface area contributed by atoms with Crippen LogP contribution in [0.4, 0.5) is 0 Å². The molecule has 0 aliphatic carbocycles. The fourth-order valence-electron chi connectivity index (χ4n) is 3.23. The lowest BCUT2D eigenvalue weighted by atomic mass is 9.70. The number of phenols is 1. The maximum atomic E-state index is 10.9. The Labute approximate surface area is 143 Å². The third-order valence-electron chi connectivity index (χ3n) is 4.58. The van der Waals surface area contributed by atoms with Crippen LogP contribution in [0, 0.1) is 0 Å². The van der Waals surface area contributed by atoms with Crippen LogP contribution in [0.15, 0.2) is 83.9 Å². The molecule has 0 amide bonds. The average molecular weight is 315 g/mol. The van der Waals surface area contributed by atoms with E-state index in [0.29, 0.717) is 0 Å². The van der Waals surface area contributed by atoms with E-state index in [9.17, 15) is 5.11 Å². The highest BCUT2D eigenvalue weighted by atomic mass is 16.3. The number of aromatic hydroxyl groups is 1. The molecule has 0 bridgehead atoms. The van der Waals surface area contributed by atoms with Gasteiger partial charge in [0, 0.05) is 29.8 Å². The minimum absolute atomic E-state index is 0.276. The normalized spacial score (nSPS) is 11.8. The molecule has 0 aliphatic heterocycles. The van der Waals surface area contributed by atoms with Crippen molar-refractivity contribution in [1.82, 2.24) is 0 Å². The molecular weight excluding hydrogens is 294 g/mol. The van der Waals surface area contributed by atoms with Gasteiger partial charge < -0.3 is 5.11 Å². The molecule has 0 aromatic heterocycles. The minimum atomic E-state index is -0.454. The van der Waals surface area contributed by atoms with E-state index in [0.717, 1.165) is 22.3 Å². The van der Waals surface area contributed by atoms with Crippen LogP contribution in [-0.2, 0) is 5.41 Å². The fourth-order valence-corrected chi connectivity index (χ4v) is 3.23. The molecule has 0 radical (unpaired) electrons. The maximum Gasteiger partial charge on any atom is 0.128 e. The standard InChI is InChI=1S/C22H21NO/c1-22(18-11-5-3-6-12-18,19-13-7-4-8-14-19)20-15-9-10-17(16-23-2)21(20)24/h3-16,24H,1-2H3. The summed E-state index contributed by atoms with van der Waals surface area (Å²) in [5.74, 6) is 0.276. The van der Waals surface area contributed by atoms with Crippen molar-refractivity contribution in [2.75, 3.05) is 7.05 Å². The molecule has 0 saturated carbocycles. The summed E-state index contributed by atoms with van der Waals surface area (Å²) in [6, 6.07) is 26.4. The number of para-hydroxylation sites is 1. The monoisotopic (exact) mass is 315 g/mol. The number of phenolic OH excluding ortho intramolecular Hbond substituents is 1. The summed E-state index contributed by atoms with van der Waals surface area (Å²) in [5.41, 5.74) is 3.42. The Kier molecular flexibility index (Phi) is 4.48. The molecule has 0 unspecified atom stereocenters. The summed E-state index contributed by atoms with van der Waals surface area (Å²) >= 11 is 0. The van der Waals surface area contributed by atoms with Gasteiger partial charge in [0.2, 0.25) is 0 Å². The topological polar surface area (TPSA) is 32.6 Å². The molecule has 24 heavy (non-hydrogen) atoms. The van der Waals surface area contributed by atoms with Gasteiger partial charge in [0.05, 0.1) is 0 Å². The van der Waals surface area contributed by atoms with Crippen molar-refractivity contribution in [2.45, 2.75) is 12.3 Å². The van der Waals surface area contributed by atoms with Gasteiger partial charge in [-0.15, -0.1) is 0 Å². The van der Waals surface area contributed by atoms with E-state index in [-0.39, 0.29) is 5.75 Å². The van der Waals surface area contributed by atoms with E-state index in [1.54, 1.807) is 13.3 Å². The molecule has 0 fully saturated rings. The molecule has 0 heterocycles. The molecule has 2 nitrogen and oxygen atoms in total. The number of rotatable bonds is 4. The van der Waals surface area contributed by atoms with Gasteiger partial charge in [-0.05, 0) is 24.1 Å². The van der Waals surface area contributed by atoms with Gasteiger partial charge in [-0.1, -0.05) is 72.8 Å². The highest BCUT2D eigenvalue weighted by molar-refractivity contribution is 5.84. The number of benzene rings is 3. The van der Waals surface area contributed by atoms with Crippen LogP contribution >= 0.6 is 0 Å². The third-order valence-corrected chi connectivity index (χ3v) is 4.58. The molecule has 1 N–H and O–H groups in total. The van der Waals surface area contributed by atoms with Crippen LogP contribution < -0.4 is 0 Å². The second-order valence-corrected chi connectivity index (χ2v) is 5.99. The first-order valence-corrected chi connectivity index (χ1v) is 8.03. The van der Waals surface area contributed by atoms with E-state index in [1.165, 1.54) is 0 Å². The highest BCUT2D eigenvalue weighted by Crippen LogP contribution is 2.43. The van der Waals surface area contributed by atoms with Gasteiger partial charge in [-0.2, -0.15) is 0 Å². The van der Waals surface area contributed by atoms with E-state index in [2.05, 4.69) is 36.2 Å². The molecule has 0 saturated heterocycles. The largest absolute Gasteiger partial charge is 0.507 e. The molecule has 3 aromatic rings. The molecule has 0 spiro atoms. The second kappa shape index (κ2) is 6.71. The lowest BCUT2D eigenvalue weighted by Crippen LogP contribution is -2.25. The van der Waals surface area contributed by atoms with Crippen LogP contribution in [0.1, 0.15) is 29.2 Å². The Morgan fingerprint density at radius 1 is 0.792 bits per heavy atom. The van der Waals surface area contributed by atoms with E-state index in [1.807, 2.05) is 54.6 Å². The van der Waals surface area contributed by atoms with Crippen molar-refractivity contribution in [1.29, 1.82) is 0 Å². The van der Waals surface area contributed by atoms with Crippen LogP contribution in [0.5, 0.6) is 5.75 Å². The Morgan fingerprint density at radius 3 is 1.83 bits per heavy atom. The second-order valence-electron chi connectivity index (χ2n) is 5.99. The summed E-state index contributed by atoms with van der Waals surface area (Å²) in [6.45, 7) is 2.15. The average Bonchev–Trinajstić information content (AvgIpc) is 2.64. The Hall–Kier alpha value is -2.87. The van der Waals surface area contributed by atoms with Crippen molar-refractivity contribution >= 4 is 6.21 Å². The molecule has 120 valence electrons. The highest BCUT2D eigenvalue weighted by Gasteiger charge is 2.33.